The zero-order valence-corrected chi connectivity index (χ0v) is 9.38. The number of carbonyl (C=O) groups excluding carboxylic acids is 2. The van der Waals surface area contributed by atoms with E-state index in [1.54, 1.807) is 13.8 Å². The Labute approximate surface area is 90.1 Å². The summed E-state index contributed by atoms with van der Waals surface area (Å²) in [5, 5.41) is 0. The van der Waals surface area contributed by atoms with Crippen LogP contribution in [-0.2, 0) is 9.59 Å². The van der Waals surface area contributed by atoms with Crippen molar-refractivity contribution in [3.8, 4) is 0 Å². The summed E-state index contributed by atoms with van der Waals surface area (Å²) in [7, 11) is 0. The molecule has 84 valence electrons. The third kappa shape index (κ3) is 2.45. The molecule has 0 aromatic heterocycles. The zero-order chi connectivity index (χ0) is 11.4. The smallest absolute Gasteiger partial charge is 0.256 e. The fraction of sp³-hybridized carbons (Fsp3) is 0.636. The maximum Gasteiger partial charge on any atom is 0.256 e. The molecular weight excluding hydrogens is 192 g/mol. The average Bonchev–Trinajstić information content (AvgIpc) is 2.41. The normalized spacial score (nSPS) is 16.9. The topological polar surface area (TPSA) is 63.4 Å². The third-order valence-electron chi connectivity index (χ3n) is 2.78. The Balaban J connectivity index is 2.46. The van der Waals surface area contributed by atoms with Gasteiger partial charge in [-0.05, 0) is 33.2 Å². The highest BCUT2D eigenvalue weighted by Gasteiger charge is 2.32. The van der Waals surface area contributed by atoms with E-state index in [9.17, 15) is 9.59 Å². The number of nitrogens with two attached hydrogens (primary N) is 1. The van der Waals surface area contributed by atoms with E-state index in [0.717, 1.165) is 19.3 Å². The molecule has 1 aliphatic rings. The number of nitrogens with zero attached hydrogens (tertiary/aromatic N) is 1. The number of unbranched alkanes of at least 4 members (excludes halogenated alkanes) is 2. The number of carbonyl (C=O) groups is 2. The van der Waals surface area contributed by atoms with Crippen LogP contribution in [0.3, 0.4) is 0 Å². The highest BCUT2D eigenvalue weighted by Crippen LogP contribution is 2.19. The molecule has 0 atom stereocenters. The molecule has 0 bridgehead atoms. The number of amides is 2. The lowest BCUT2D eigenvalue weighted by atomic mass is 10.2. The van der Waals surface area contributed by atoms with Crippen LogP contribution in [-0.4, -0.2) is 29.8 Å². The van der Waals surface area contributed by atoms with E-state index in [-0.39, 0.29) is 11.8 Å². The van der Waals surface area contributed by atoms with Crippen molar-refractivity contribution in [1.82, 2.24) is 4.90 Å². The van der Waals surface area contributed by atoms with Crippen LogP contribution < -0.4 is 5.73 Å². The van der Waals surface area contributed by atoms with Crippen LogP contribution in [0.25, 0.3) is 0 Å². The molecule has 2 N–H and O–H groups in total. The molecule has 1 rings (SSSR count). The Morgan fingerprint density at radius 2 is 1.53 bits per heavy atom. The van der Waals surface area contributed by atoms with E-state index < -0.39 is 0 Å². The first-order valence-electron chi connectivity index (χ1n) is 5.33. The molecule has 0 radical (unpaired) electrons. The van der Waals surface area contributed by atoms with Crippen LogP contribution in [0, 0.1) is 0 Å². The molecular formula is C11H18N2O2. The summed E-state index contributed by atoms with van der Waals surface area (Å²) in [6.07, 6.45) is 2.75. The molecule has 2 amide bonds. The van der Waals surface area contributed by atoms with Crippen LogP contribution in [0.1, 0.15) is 33.1 Å². The lowest BCUT2D eigenvalue weighted by Crippen LogP contribution is -2.32. The molecule has 0 aromatic carbocycles. The maximum absolute atomic E-state index is 11.6. The van der Waals surface area contributed by atoms with Gasteiger partial charge in [-0.1, -0.05) is 6.42 Å². The van der Waals surface area contributed by atoms with E-state index >= 15 is 0 Å². The summed E-state index contributed by atoms with van der Waals surface area (Å²) < 4.78 is 0. The van der Waals surface area contributed by atoms with Gasteiger partial charge in [0.1, 0.15) is 0 Å². The molecule has 0 fully saturated rings. The zero-order valence-electron chi connectivity index (χ0n) is 9.38. The van der Waals surface area contributed by atoms with Crippen LogP contribution in [0.15, 0.2) is 11.1 Å². The summed E-state index contributed by atoms with van der Waals surface area (Å²) in [6.45, 7) is 4.59. The van der Waals surface area contributed by atoms with Crippen LogP contribution in [0.4, 0.5) is 0 Å². The van der Waals surface area contributed by atoms with Gasteiger partial charge in [-0.3, -0.25) is 14.5 Å². The van der Waals surface area contributed by atoms with Gasteiger partial charge in [0, 0.05) is 17.7 Å². The Bertz CT molecular complexity index is 284. The molecule has 0 aromatic rings. The first kappa shape index (κ1) is 11.9. The fourth-order valence-electron chi connectivity index (χ4n) is 1.61. The van der Waals surface area contributed by atoms with E-state index in [4.69, 9.17) is 5.73 Å². The van der Waals surface area contributed by atoms with Crippen molar-refractivity contribution >= 4 is 11.8 Å². The quantitative estimate of drug-likeness (QED) is 0.539. The van der Waals surface area contributed by atoms with Crippen molar-refractivity contribution in [2.45, 2.75) is 33.1 Å². The molecule has 1 heterocycles. The summed E-state index contributed by atoms with van der Waals surface area (Å²) in [4.78, 5) is 24.6. The second-order valence-corrected chi connectivity index (χ2v) is 3.86. The van der Waals surface area contributed by atoms with E-state index in [1.807, 2.05) is 0 Å². The third-order valence-corrected chi connectivity index (χ3v) is 2.78. The molecule has 0 spiro atoms. The van der Waals surface area contributed by atoms with Crippen molar-refractivity contribution in [2.24, 2.45) is 5.73 Å². The van der Waals surface area contributed by atoms with E-state index in [1.165, 1.54) is 4.90 Å². The van der Waals surface area contributed by atoms with Crippen LogP contribution >= 0.6 is 0 Å². The Hall–Kier alpha value is -1.16. The molecule has 0 unspecified atom stereocenters. The van der Waals surface area contributed by atoms with Gasteiger partial charge in [-0.2, -0.15) is 0 Å². The maximum atomic E-state index is 11.6. The minimum Gasteiger partial charge on any atom is -0.330 e. The van der Waals surface area contributed by atoms with Crippen molar-refractivity contribution in [2.75, 3.05) is 13.1 Å². The van der Waals surface area contributed by atoms with Crippen molar-refractivity contribution in [1.29, 1.82) is 0 Å². The summed E-state index contributed by atoms with van der Waals surface area (Å²) in [5.74, 6) is -0.268. The molecule has 4 nitrogen and oxygen atoms in total. The molecule has 0 saturated carbocycles. The lowest BCUT2D eigenvalue weighted by Gasteiger charge is -2.14. The minimum atomic E-state index is -0.134. The highest BCUT2D eigenvalue weighted by atomic mass is 16.2. The predicted octanol–water partition coefficient (Wildman–Crippen LogP) is 0.821. The predicted molar refractivity (Wildman–Crippen MR) is 58.0 cm³/mol. The first-order valence-corrected chi connectivity index (χ1v) is 5.33. The van der Waals surface area contributed by atoms with Gasteiger partial charge in [0.15, 0.2) is 0 Å². The number of hydrogen-bond donors (Lipinski definition) is 1. The molecule has 0 saturated heterocycles. The number of hydrogen-bond acceptors (Lipinski definition) is 3. The van der Waals surface area contributed by atoms with E-state index in [0.29, 0.717) is 24.2 Å². The first-order chi connectivity index (χ1) is 7.09. The van der Waals surface area contributed by atoms with Gasteiger partial charge in [0.2, 0.25) is 0 Å². The second kappa shape index (κ2) is 5.07. The van der Waals surface area contributed by atoms with Gasteiger partial charge in [-0.25, -0.2) is 0 Å². The number of imide groups is 1. The van der Waals surface area contributed by atoms with Crippen molar-refractivity contribution < 1.29 is 9.59 Å². The Morgan fingerprint density at radius 3 is 2.00 bits per heavy atom. The standard InChI is InChI=1S/C11H18N2O2/c1-8-9(2)11(15)13(10(8)14)7-5-3-4-6-12/h3-7,12H2,1-2H3. The molecule has 4 heteroatoms. The SMILES string of the molecule is CC1=C(C)C(=O)N(CCCCCN)C1=O. The fourth-order valence-corrected chi connectivity index (χ4v) is 1.61. The lowest BCUT2D eigenvalue weighted by molar-refractivity contribution is -0.137. The highest BCUT2D eigenvalue weighted by molar-refractivity contribution is 6.18. The Kier molecular flexibility index (Phi) is 4.03. The van der Waals surface area contributed by atoms with Crippen LogP contribution in [0.2, 0.25) is 0 Å². The van der Waals surface area contributed by atoms with Gasteiger partial charge < -0.3 is 5.73 Å². The summed E-state index contributed by atoms with van der Waals surface area (Å²) >= 11 is 0. The minimum absolute atomic E-state index is 0.134. The molecule has 15 heavy (non-hydrogen) atoms. The second-order valence-electron chi connectivity index (χ2n) is 3.86. The van der Waals surface area contributed by atoms with Gasteiger partial charge in [0.25, 0.3) is 11.8 Å². The molecule has 1 aliphatic heterocycles. The Morgan fingerprint density at radius 1 is 1.00 bits per heavy atom. The van der Waals surface area contributed by atoms with E-state index in [2.05, 4.69) is 0 Å². The van der Waals surface area contributed by atoms with Crippen LogP contribution in [0.5, 0.6) is 0 Å². The number of rotatable bonds is 5. The summed E-state index contributed by atoms with van der Waals surface area (Å²) in [5.41, 5.74) is 6.53. The van der Waals surface area contributed by atoms with Crippen molar-refractivity contribution in [3.05, 3.63) is 11.1 Å². The van der Waals surface area contributed by atoms with Gasteiger partial charge >= 0.3 is 0 Å². The van der Waals surface area contributed by atoms with Gasteiger partial charge in [-0.15, -0.1) is 0 Å². The molecule has 0 aliphatic carbocycles. The largest absolute Gasteiger partial charge is 0.330 e. The summed E-state index contributed by atoms with van der Waals surface area (Å²) in [6, 6.07) is 0. The monoisotopic (exact) mass is 210 g/mol. The average molecular weight is 210 g/mol. The van der Waals surface area contributed by atoms with Gasteiger partial charge in [0.05, 0.1) is 0 Å². The van der Waals surface area contributed by atoms with Crippen molar-refractivity contribution in [3.63, 3.8) is 0 Å².